The van der Waals surface area contributed by atoms with Crippen molar-refractivity contribution in [1.82, 2.24) is 10.1 Å². The van der Waals surface area contributed by atoms with Crippen molar-refractivity contribution < 1.29 is 17.7 Å². The van der Waals surface area contributed by atoms with E-state index in [1.165, 1.54) is 17.2 Å². The predicted molar refractivity (Wildman–Crippen MR) is 67.3 cm³/mol. The molecule has 0 radical (unpaired) electrons. The van der Waals surface area contributed by atoms with Crippen molar-refractivity contribution in [2.45, 2.75) is 26.6 Å². The fraction of sp³-hybridized carbons (Fsp3) is 0.385. The highest BCUT2D eigenvalue weighted by molar-refractivity contribution is 5.48. The lowest BCUT2D eigenvalue weighted by atomic mass is 10.2. The lowest BCUT2D eigenvalue weighted by molar-refractivity contribution is -0.137. The molecular formula is C13H14F3N3O. The van der Waals surface area contributed by atoms with Gasteiger partial charge >= 0.3 is 6.18 Å². The molecule has 0 aliphatic rings. The van der Waals surface area contributed by atoms with Gasteiger partial charge in [0.25, 0.3) is 0 Å². The first-order chi connectivity index (χ1) is 9.30. The summed E-state index contributed by atoms with van der Waals surface area (Å²) in [6.45, 7) is 3.73. The molecule has 0 aliphatic carbocycles. The van der Waals surface area contributed by atoms with Crippen molar-refractivity contribution in [2.24, 2.45) is 0 Å². The van der Waals surface area contributed by atoms with E-state index in [0.717, 1.165) is 11.6 Å². The van der Waals surface area contributed by atoms with Gasteiger partial charge in [-0.15, -0.1) is 0 Å². The molecule has 2 aromatic rings. The first-order valence-corrected chi connectivity index (χ1v) is 5.96. The number of nitrogens with zero attached hydrogens (tertiary/aromatic N) is 3. The van der Waals surface area contributed by atoms with Gasteiger partial charge in [0.2, 0.25) is 0 Å². The normalized spacial score (nSPS) is 11.7. The Hall–Kier alpha value is -2.05. The van der Waals surface area contributed by atoms with Crippen molar-refractivity contribution in [2.75, 3.05) is 11.9 Å². The van der Waals surface area contributed by atoms with Crippen LogP contribution >= 0.6 is 0 Å². The summed E-state index contributed by atoms with van der Waals surface area (Å²) in [6.07, 6.45) is -3.09. The monoisotopic (exact) mass is 285 g/mol. The quantitative estimate of drug-likeness (QED) is 0.867. The molecular weight excluding hydrogens is 271 g/mol. The van der Waals surface area contributed by atoms with Gasteiger partial charge in [-0.3, -0.25) is 0 Å². The van der Waals surface area contributed by atoms with Gasteiger partial charge in [-0.1, -0.05) is 5.16 Å². The fourth-order valence-corrected chi connectivity index (χ4v) is 1.96. The van der Waals surface area contributed by atoms with E-state index >= 15 is 0 Å². The van der Waals surface area contributed by atoms with Crippen LogP contribution in [0.15, 0.2) is 22.9 Å². The Morgan fingerprint density at radius 3 is 2.55 bits per heavy atom. The van der Waals surface area contributed by atoms with Crippen LogP contribution < -0.4 is 4.90 Å². The number of aromatic nitrogens is 2. The summed E-state index contributed by atoms with van der Waals surface area (Å²) >= 11 is 0. The molecule has 0 unspecified atom stereocenters. The molecule has 2 rings (SSSR count). The molecule has 0 amide bonds. The topological polar surface area (TPSA) is 42.2 Å². The molecule has 0 bridgehead atoms. The summed E-state index contributed by atoms with van der Waals surface area (Å²) < 4.78 is 43.9. The molecule has 7 heteroatoms. The van der Waals surface area contributed by atoms with Crippen LogP contribution in [0.5, 0.6) is 0 Å². The van der Waals surface area contributed by atoms with Crippen molar-refractivity contribution >= 4 is 5.82 Å². The second-order valence-electron chi connectivity index (χ2n) is 4.53. The molecule has 4 nitrogen and oxygen atoms in total. The maximum absolute atomic E-state index is 12.9. The van der Waals surface area contributed by atoms with Crippen molar-refractivity contribution in [3.05, 3.63) is 40.9 Å². The minimum Gasteiger partial charge on any atom is -0.361 e. The molecule has 0 saturated carbocycles. The molecule has 0 N–H and O–H groups in total. The average molecular weight is 285 g/mol. The summed E-state index contributed by atoms with van der Waals surface area (Å²) in [4.78, 5) is 5.28. The van der Waals surface area contributed by atoms with E-state index in [0.29, 0.717) is 11.5 Å². The number of halogens is 3. The third-order valence-corrected chi connectivity index (χ3v) is 3.03. The Bertz CT molecular complexity index is 588. The van der Waals surface area contributed by atoms with Crippen LogP contribution in [0.1, 0.15) is 22.6 Å². The minimum atomic E-state index is -4.43. The smallest absolute Gasteiger partial charge is 0.361 e. The van der Waals surface area contributed by atoms with Gasteiger partial charge in [-0.25, -0.2) is 4.98 Å². The molecule has 0 saturated heterocycles. The highest BCUT2D eigenvalue weighted by atomic mass is 19.4. The van der Waals surface area contributed by atoms with E-state index in [1.54, 1.807) is 20.9 Å². The van der Waals surface area contributed by atoms with Crippen LogP contribution in [0.3, 0.4) is 0 Å². The number of hydrogen-bond acceptors (Lipinski definition) is 4. The van der Waals surface area contributed by atoms with Gasteiger partial charge < -0.3 is 9.42 Å². The first-order valence-electron chi connectivity index (χ1n) is 5.96. The zero-order chi connectivity index (χ0) is 14.9. The zero-order valence-electron chi connectivity index (χ0n) is 11.3. The van der Waals surface area contributed by atoms with Crippen LogP contribution in [-0.4, -0.2) is 17.2 Å². The second kappa shape index (κ2) is 5.15. The molecule has 108 valence electrons. The third-order valence-electron chi connectivity index (χ3n) is 3.03. The molecule has 20 heavy (non-hydrogen) atoms. The van der Waals surface area contributed by atoms with E-state index in [-0.39, 0.29) is 12.4 Å². The van der Waals surface area contributed by atoms with Crippen LogP contribution in [0.25, 0.3) is 0 Å². The van der Waals surface area contributed by atoms with Crippen molar-refractivity contribution in [3.63, 3.8) is 0 Å². The third kappa shape index (κ3) is 2.76. The Kier molecular flexibility index (Phi) is 3.69. The molecule has 2 heterocycles. The number of aryl methyl sites for hydroxylation is 2. The zero-order valence-corrected chi connectivity index (χ0v) is 11.3. The standard InChI is InChI=1S/C13H14F3N3O/c1-8-10(9(2)20-18-8)7-19(3)12-11(13(14,15)16)5-4-6-17-12/h4-6H,7H2,1-3H3. The first kappa shape index (κ1) is 14.4. The number of alkyl halides is 3. The molecule has 0 aliphatic heterocycles. The van der Waals surface area contributed by atoms with E-state index < -0.39 is 11.7 Å². The largest absolute Gasteiger partial charge is 0.419 e. The molecule has 0 aromatic carbocycles. The van der Waals surface area contributed by atoms with Crippen LogP contribution in [-0.2, 0) is 12.7 Å². The van der Waals surface area contributed by atoms with Crippen LogP contribution in [0.2, 0.25) is 0 Å². The summed E-state index contributed by atoms with van der Waals surface area (Å²) in [5.41, 5.74) is 0.680. The molecule has 0 fully saturated rings. The van der Waals surface area contributed by atoms with Crippen LogP contribution in [0, 0.1) is 13.8 Å². The van der Waals surface area contributed by atoms with Crippen LogP contribution in [0.4, 0.5) is 19.0 Å². The SMILES string of the molecule is Cc1noc(C)c1CN(C)c1ncccc1C(F)(F)F. The van der Waals surface area contributed by atoms with E-state index in [4.69, 9.17) is 4.52 Å². The molecule has 0 spiro atoms. The Labute approximate surface area is 114 Å². The highest BCUT2D eigenvalue weighted by Gasteiger charge is 2.35. The molecule has 0 atom stereocenters. The Balaban J connectivity index is 2.33. The van der Waals surface area contributed by atoms with Gasteiger partial charge in [-0.05, 0) is 26.0 Å². The van der Waals surface area contributed by atoms with E-state index in [1.807, 2.05) is 0 Å². The lowest BCUT2D eigenvalue weighted by Gasteiger charge is -2.21. The fourth-order valence-electron chi connectivity index (χ4n) is 1.96. The predicted octanol–water partition coefficient (Wildman–Crippen LogP) is 3.34. The minimum absolute atomic E-state index is 0.111. The number of hydrogen-bond donors (Lipinski definition) is 0. The van der Waals surface area contributed by atoms with E-state index in [9.17, 15) is 13.2 Å². The summed E-state index contributed by atoms with van der Waals surface area (Å²) in [7, 11) is 1.56. The van der Waals surface area contributed by atoms with Crippen molar-refractivity contribution in [1.29, 1.82) is 0 Å². The van der Waals surface area contributed by atoms with Crippen molar-refractivity contribution in [3.8, 4) is 0 Å². The molecule has 2 aromatic heterocycles. The van der Waals surface area contributed by atoms with E-state index in [2.05, 4.69) is 10.1 Å². The van der Waals surface area contributed by atoms with Gasteiger partial charge in [0.05, 0.1) is 11.3 Å². The van der Waals surface area contributed by atoms with Gasteiger partial charge in [-0.2, -0.15) is 13.2 Å². The maximum Gasteiger partial charge on any atom is 0.419 e. The Morgan fingerprint density at radius 2 is 2.00 bits per heavy atom. The number of anilines is 1. The lowest BCUT2D eigenvalue weighted by Crippen LogP contribution is -2.22. The maximum atomic E-state index is 12.9. The highest BCUT2D eigenvalue weighted by Crippen LogP contribution is 2.35. The van der Waals surface area contributed by atoms with Gasteiger partial charge in [0.15, 0.2) is 0 Å². The summed E-state index contributed by atoms with van der Waals surface area (Å²) in [5, 5.41) is 3.79. The number of pyridine rings is 1. The summed E-state index contributed by atoms with van der Waals surface area (Å²) in [6, 6.07) is 2.29. The Morgan fingerprint density at radius 1 is 1.30 bits per heavy atom. The summed E-state index contributed by atoms with van der Waals surface area (Å²) in [5.74, 6) is 0.485. The average Bonchev–Trinajstić information content (AvgIpc) is 2.69. The second-order valence-corrected chi connectivity index (χ2v) is 4.53. The van der Waals surface area contributed by atoms with Gasteiger partial charge in [0, 0.05) is 25.4 Å². The van der Waals surface area contributed by atoms with Gasteiger partial charge in [0.1, 0.15) is 11.6 Å². The number of rotatable bonds is 3.